The molecule has 0 N–H and O–H groups in total. The second-order valence-electron chi connectivity index (χ2n) is 5.24. The van der Waals surface area contributed by atoms with Crippen molar-refractivity contribution in [2.75, 3.05) is 0 Å². The number of hydrogen-bond donors (Lipinski definition) is 0. The molecule has 105 valence electrons. The first-order chi connectivity index (χ1) is 8.92. The van der Waals surface area contributed by atoms with Gasteiger partial charge in [0.1, 0.15) is 0 Å². The Morgan fingerprint density at radius 3 is 2.24 bits per heavy atom. The van der Waals surface area contributed by atoms with Gasteiger partial charge in [-0.1, -0.05) is 42.0 Å². The van der Waals surface area contributed by atoms with Crippen molar-refractivity contribution in [2.24, 2.45) is 0 Å². The Bertz CT molecular complexity index is 700. The fourth-order valence-corrected chi connectivity index (χ4v) is 2.78. The van der Waals surface area contributed by atoms with Crippen LogP contribution in [0.5, 0.6) is 0 Å². The van der Waals surface area contributed by atoms with Gasteiger partial charge in [-0.3, -0.25) is 0 Å². The fraction of sp³-hybridized carbons (Fsp3) is 0.167. The van der Waals surface area contributed by atoms with Crippen LogP contribution in [0.3, 0.4) is 0 Å². The molecule has 3 heteroatoms. The molecule has 3 aromatic carbocycles. The summed E-state index contributed by atoms with van der Waals surface area (Å²) < 4.78 is 0. The van der Waals surface area contributed by atoms with E-state index in [1.165, 1.54) is 40.3 Å². The molecule has 0 nitrogen and oxygen atoms in total. The summed E-state index contributed by atoms with van der Waals surface area (Å²) in [4.78, 5) is 0. The van der Waals surface area contributed by atoms with Crippen LogP contribution in [0.4, 0.5) is 0 Å². The van der Waals surface area contributed by atoms with Crippen LogP contribution in [0.25, 0.3) is 21.9 Å². The second-order valence-corrected chi connectivity index (χ2v) is 5.24. The summed E-state index contributed by atoms with van der Waals surface area (Å²) in [5, 5.41) is 2.80. The molecule has 0 heterocycles. The van der Waals surface area contributed by atoms with Gasteiger partial charge in [-0.25, -0.2) is 0 Å². The maximum absolute atomic E-state index is 2.40. The van der Waals surface area contributed by atoms with Gasteiger partial charge in [-0.15, -0.1) is 34.5 Å². The maximum atomic E-state index is 2.40. The third kappa shape index (κ3) is 3.65. The fourth-order valence-electron chi connectivity index (χ4n) is 2.78. The van der Waals surface area contributed by atoms with Crippen LogP contribution in [-0.2, 0) is 26.2 Å². The van der Waals surface area contributed by atoms with E-state index in [1.807, 2.05) is 0 Å². The van der Waals surface area contributed by atoms with Crippen molar-refractivity contribution in [1.82, 2.24) is 0 Å². The standard InChI is InChI=1S/C18H15.2ClH.Zr/c1-2-5-14(6-3-1)17-8-4-7-15-11-16(12-18(15)17)13-9-10-13;;;/h1-8,11-13H,9-10H2;2*1H;/q-1;;;+3/p-2. The minimum absolute atomic E-state index is 0. The minimum atomic E-state index is 0. The average Bonchev–Trinajstić information content (AvgIpc) is 3.18. The largest absolute Gasteiger partial charge is 3.00 e. The van der Waals surface area contributed by atoms with Crippen molar-refractivity contribution in [2.45, 2.75) is 18.8 Å². The van der Waals surface area contributed by atoms with Gasteiger partial charge in [0.2, 0.25) is 0 Å². The van der Waals surface area contributed by atoms with E-state index in [0.717, 1.165) is 5.92 Å². The first kappa shape index (κ1) is 18.6. The molecule has 1 fully saturated rings. The molecule has 0 spiro atoms. The molecule has 4 rings (SSSR count). The average molecular weight is 393 g/mol. The number of fused-ring (bicyclic) bond motifs is 1. The number of halogens is 2. The van der Waals surface area contributed by atoms with Crippen molar-refractivity contribution in [3.05, 3.63) is 66.2 Å². The molecule has 1 aliphatic rings. The molecular weight excluding hydrogens is 378 g/mol. The molecule has 0 atom stereocenters. The Balaban J connectivity index is 0.000000735. The van der Waals surface area contributed by atoms with E-state index in [1.54, 1.807) is 0 Å². The third-order valence-electron chi connectivity index (χ3n) is 3.91. The van der Waals surface area contributed by atoms with Crippen LogP contribution in [0.1, 0.15) is 24.3 Å². The Labute approximate surface area is 157 Å². The van der Waals surface area contributed by atoms with E-state index in [-0.39, 0.29) is 51.0 Å². The van der Waals surface area contributed by atoms with Crippen LogP contribution < -0.4 is 24.8 Å². The smallest absolute Gasteiger partial charge is 1.00 e. The van der Waals surface area contributed by atoms with E-state index < -0.39 is 0 Å². The Morgan fingerprint density at radius 2 is 1.57 bits per heavy atom. The first-order valence-electron chi connectivity index (χ1n) is 6.66. The molecule has 0 unspecified atom stereocenters. The second kappa shape index (κ2) is 7.68. The maximum Gasteiger partial charge on any atom is 3.00 e. The number of benzene rings is 2. The van der Waals surface area contributed by atoms with Gasteiger partial charge < -0.3 is 24.8 Å². The predicted octanol–water partition coefficient (Wildman–Crippen LogP) is -0.891. The molecular formula is C18H15Cl2Zr. The van der Waals surface area contributed by atoms with Crippen LogP contribution in [0.15, 0.2) is 60.7 Å². The first-order valence-corrected chi connectivity index (χ1v) is 6.66. The van der Waals surface area contributed by atoms with Gasteiger partial charge in [0, 0.05) is 0 Å². The van der Waals surface area contributed by atoms with Crippen molar-refractivity contribution >= 4 is 10.8 Å². The van der Waals surface area contributed by atoms with Crippen molar-refractivity contribution in [1.29, 1.82) is 0 Å². The Hall–Kier alpha value is -0.487. The zero-order valence-electron chi connectivity index (χ0n) is 11.5. The van der Waals surface area contributed by atoms with E-state index in [2.05, 4.69) is 60.7 Å². The van der Waals surface area contributed by atoms with Crippen LogP contribution in [-0.4, -0.2) is 0 Å². The van der Waals surface area contributed by atoms with Gasteiger partial charge in [0.05, 0.1) is 0 Å². The number of hydrogen-bond acceptors (Lipinski definition) is 0. The van der Waals surface area contributed by atoms with Gasteiger partial charge in [0.25, 0.3) is 0 Å². The third-order valence-corrected chi connectivity index (χ3v) is 3.91. The summed E-state index contributed by atoms with van der Waals surface area (Å²) >= 11 is 0. The van der Waals surface area contributed by atoms with Crippen LogP contribution >= 0.6 is 0 Å². The molecule has 0 amide bonds. The Morgan fingerprint density at radius 1 is 0.857 bits per heavy atom. The van der Waals surface area contributed by atoms with Gasteiger partial charge >= 0.3 is 26.2 Å². The van der Waals surface area contributed by atoms with Gasteiger partial charge in [-0.2, -0.15) is 6.07 Å². The number of rotatable bonds is 2. The van der Waals surface area contributed by atoms with E-state index in [9.17, 15) is 0 Å². The monoisotopic (exact) mass is 391 g/mol. The normalized spacial score (nSPS) is 13.0. The summed E-state index contributed by atoms with van der Waals surface area (Å²) in [7, 11) is 0. The molecule has 3 aromatic rings. The van der Waals surface area contributed by atoms with Gasteiger partial charge in [-0.05, 0) is 24.3 Å². The van der Waals surface area contributed by atoms with Crippen LogP contribution in [0.2, 0.25) is 0 Å². The van der Waals surface area contributed by atoms with Crippen molar-refractivity contribution in [3.8, 4) is 11.1 Å². The summed E-state index contributed by atoms with van der Waals surface area (Å²) in [5.74, 6) is 0.834. The summed E-state index contributed by atoms with van der Waals surface area (Å²) in [6.45, 7) is 0. The molecule has 1 aliphatic carbocycles. The molecule has 0 bridgehead atoms. The summed E-state index contributed by atoms with van der Waals surface area (Å²) in [6, 6.07) is 22.1. The molecule has 21 heavy (non-hydrogen) atoms. The summed E-state index contributed by atoms with van der Waals surface area (Å²) in [5.41, 5.74) is 4.21. The quantitative estimate of drug-likeness (QED) is 0.496. The van der Waals surface area contributed by atoms with E-state index >= 15 is 0 Å². The van der Waals surface area contributed by atoms with Gasteiger partial charge in [0.15, 0.2) is 0 Å². The zero-order valence-corrected chi connectivity index (χ0v) is 15.5. The Kier molecular flexibility index (Phi) is 6.79. The molecule has 0 aromatic heterocycles. The van der Waals surface area contributed by atoms with Crippen LogP contribution in [0, 0.1) is 0 Å². The van der Waals surface area contributed by atoms with Crippen molar-refractivity contribution < 1.29 is 51.0 Å². The predicted molar refractivity (Wildman–Crippen MR) is 77.0 cm³/mol. The van der Waals surface area contributed by atoms with E-state index in [4.69, 9.17) is 0 Å². The molecule has 0 aliphatic heterocycles. The van der Waals surface area contributed by atoms with E-state index in [0.29, 0.717) is 0 Å². The molecule has 0 saturated heterocycles. The van der Waals surface area contributed by atoms with Crippen molar-refractivity contribution in [3.63, 3.8) is 0 Å². The summed E-state index contributed by atoms with van der Waals surface area (Å²) in [6.07, 6.45) is 2.74. The SMILES string of the molecule is [Cl-].[Cl-].[Zr+3].c1ccc(-c2cccc3[cH-]c(C4CC4)cc23)cc1. The minimum Gasteiger partial charge on any atom is -1.00 e. The molecule has 1 saturated carbocycles. The topological polar surface area (TPSA) is 0 Å². The zero-order chi connectivity index (χ0) is 11.9. The molecule has 1 radical (unpaired) electrons.